The summed E-state index contributed by atoms with van der Waals surface area (Å²) in [6.07, 6.45) is 0. The number of benzene rings is 2. The molecule has 0 spiro atoms. The van der Waals surface area contributed by atoms with Crippen molar-refractivity contribution in [2.45, 2.75) is 13.5 Å². The molecule has 0 unspecified atom stereocenters. The number of nitrogens with one attached hydrogen (secondary N) is 1. The van der Waals surface area contributed by atoms with Gasteiger partial charge in [-0.15, -0.1) is 0 Å². The second-order valence-electron chi connectivity index (χ2n) is 5.23. The molecule has 0 aliphatic heterocycles. The SMILES string of the molecule is Cc1ccc(C(=O)NCc2ccc(N(C)C)cc2)c(I)c1. The molecular weight excluding hydrogens is 375 g/mol. The molecule has 0 radical (unpaired) electrons. The molecular formula is C17H19IN2O. The number of rotatable bonds is 4. The van der Waals surface area contributed by atoms with Gasteiger partial charge in [-0.2, -0.15) is 0 Å². The zero-order valence-electron chi connectivity index (χ0n) is 12.5. The van der Waals surface area contributed by atoms with E-state index in [1.54, 1.807) is 0 Å². The third-order valence-corrected chi connectivity index (χ3v) is 4.17. The molecule has 2 rings (SSSR count). The van der Waals surface area contributed by atoms with Crippen molar-refractivity contribution in [2.75, 3.05) is 19.0 Å². The van der Waals surface area contributed by atoms with Crippen LogP contribution in [0.4, 0.5) is 5.69 Å². The third kappa shape index (κ3) is 4.20. The van der Waals surface area contributed by atoms with E-state index in [0.29, 0.717) is 6.54 Å². The fourth-order valence-electron chi connectivity index (χ4n) is 1.99. The van der Waals surface area contributed by atoms with Crippen LogP contribution in [0.2, 0.25) is 0 Å². The Kier molecular flexibility index (Phi) is 5.22. The Balaban J connectivity index is 2.00. The number of amides is 1. The summed E-state index contributed by atoms with van der Waals surface area (Å²) in [6.45, 7) is 2.56. The average molecular weight is 394 g/mol. The van der Waals surface area contributed by atoms with E-state index in [4.69, 9.17) is 0 Å². The molecule has 0 fully saturated rings. The standard InChI is InChI=1S/C17H19IN2O/c1-12-4-9-15(16(18)10-12)17(21)19-11-13-5-7-14(8-6-13)20(2)3/h4-10H,11H2,1-3H3,(H,19,21). The van der Waals surface area contributed by atoms with Gasteiger partial charge in [-0.1, -0.05) is 23.8 Å². The first-order valence-corrected chi connectivity index (χ1v) is 7.86. The molecule has 2 aromatic carbocycles. The molecule has 2 aromatic rings. The van der Waals surface area contributed by atoms with Crippen LogP contribution in [-0.4, -0.2) is 20.0 Å². The minimum Gasteiger partial charge on any atom is -0.378 e. The lowest BCUT2D eigenvalue weighted by molar-refractivity contribution is 0.0950. The van der Waals surface area contributed by atoms with Crippen LogP contribution < -0.4 is 10.2 Å². The van der Waals surface area contributed by atoms with Gasteiger partial charge in [0.1, 0.15) is 0 Å². The summed E-state index contributed by atoms with van der Waals surface area (Å²) in [7, 11) is 4.02. The Labute approximate surface area is 139 Å². The average Bonchev–Trinajstić information content (AvgIpc) is 2.45. The van der Waals surface area contributed by atoms with Crippen LogP contribution in [0.15, 0.2) is 42.5 Å². The highest BCUT2D eigenvalue weighted by Crippen LogP contribution is 2.15. The summed E-state index contributed by atoms with van der Waals surface area (Å²) in [6, 6.07) is 14.0. The van der Waals surface area contributed by atoms with Crippen molar-refractivity contribution in [1.29, 1.82) is 0 Å². The van der Waals surface area contributed by atoms with Crippen molar-refractivity contribution in [2.24, 2.45) is 0 Å². The van der Waals surface area contributed by atoms with Crippen molar-refractivity contribution in [3.05, 3.63) is 62.7 Å². The van der Waals surface area contributed by atoms with Crippen molar-refractivity contribution >= 4 is 34.2 Å². The van der Waals surface area contributed by atoms with Crippen LogP contribution in [0.1, 0.15) is 21.5 Å². The van der Waals surface area contributed by atoms with Gasteiger partial charge in [-0.05, 0) is 59.3 Å². The van der Waals surface area contributed by atoms with Gasteiger partial charge in [0.25, 0.3) is 5.91 Å². The van der Waals surface area contributed by atoms with Gasteiger partial charge in [-0.25, -0.2) is 0 Å². The van der Waals surface area contributed by atoms with Gasteiger partial charge in [0.05, 0.1) is 5.56 Å². The molecule has 110 valence electrons. The molecule has 0 aromatic heterocycles. The minimum absolute atomic E-state index is 0.0314. The molecule has 21 heavy (non-hydrogen) atoms. The van der Waals surface area contributed by atoms with Crippen LogP contribution in [0.3, 0.4) is 0 Å². The van der Waals surface area contributed by atoms with E-state index < -0.39 is 0 Å². The predicted octanol–water partition coefficient (Wildman–Crippen LogP) is 3.60. The van der Waals surface area contributed by atoms with E-state index >= 15 is 0 Å². The molecule has 0 heterocycles. The Bertz CT molecular complexity index is 636. The molecule has 1 N–H and O–H groups in total. The zero-order chi connectivity index (χ0) is 15.4. The van der Waals surface area contributed by atoms with Crippen LogP contribution in [0.25, 0.3) is 0 Å². The summed E-state index contributed by atoms with van der Waals surface area (Å²) in [5.41, 5.74) is 4.13. The highest BCUT2D eigenvalue weighted by atomic mass is 127. The van der Waals surface area contributed by atoms with Crippen molar-refractivity contribution in [1.82, 2.24) is 5.32 Å². The summed E-state index contributed by atoms with van der Waals surface area (Å²) in [4.78, 5) is 14.3. The number of anilines is 1. The van der Waals surface area contributed by atoms with Gasteiger partial charge in [0.15, 0.2) is 0 Å². The number of carbonyl (C=O) groups is 1. The molecule has 3 nitrogen and oxygen atoms in total. The lowest BCUT2D eigenvalue weighted by Gasteiger charge is -2.13. The Morgan fingerprint density at radius 1 is 1.14 bits per heavy atom. The molecule has 0 saturated carbocycles. The Morgan fingerprint density at radius 2 is 1.81 bits per heavy atom. The monoisotopic (exact) mass is 394 g/mol. The maximum absolute atomic E-state index is 12.2. The number of carbonyl (C=O) groups excluding carboxylic acids is 1. The van der Waals surface area contributed by atoms with Crippen LogP contribution in [0, 0.1) is 10.5 Å². The minimum atomic E-state index is -0.0314. The first kappa shape index (κ1) is 15.8. The predicted molar refractivity (Wildman–Crippen MR) is 95.8 cm³/mol. The zero-order valence-corrected chi connectivity index (χ0v) is 14.6. The van der Waals surface area contributed by atoms with Gasteiger partial charge >= 0.3 is 0 Å². The number of hydrogen-bond acceptors (Lipinski definition) is 2. The van der Waals surface area contributed by atoms with Crippen LogP contribution in [-0.2, 0) is 6.54 Å². The summed E-state index contributed by atoms with van der Waals surface area (Å²) in [5.74, 6) is -0.0314. The fourth-order valence-corrected chi connectivity index (χ4v) is 2.91. The van der Waals surface area contributed by atoms with Crippen LogP contribution in [0.5, 0.6) is 0 Å². The van der Waals surface area contributed by atoms with E-state index in [2.05, 4.69) is 44.9 Å². The number of hydrogen-bond donors (Lipinski definition) is 1. The second-order valence-corrected chi connectivity index (χ2v) is 6.39. The number of aryl methyl sites for hydroxylation is 1. The van der Waals surface area contributed by atoms with E-state index in [0.717, 1.165) is 25.9 Å². The van der Waals surface area contributed by atoms with Crippen LogP contribution >= 0.6 is 22.6 Å². The van der Waals surface area contributed by atoms with Crippen molar-refractivity contribution in [3.8, 4) is 0 Å². The van der Waals surface area contributed by atoms with Crippen molar-refractivity contribution < 1.29 is 4.79 Å². The molecule has 0 aliphatic rings. The third-order valence-electron chi connectivity index (χ3n) is 3.28. The lowest BCUT2D eigenvalue weighted by Crippen LogP contribution is -2.23. The Hall–Kier alpha value is -1.56. The van der Waals surface area contributed by atoms with E-state index in [9.17, 15) is 4.79 Å². The first-order valence-electron chi connectivity index (χ1n) is 6.78. The first-order chi connectivity index (χ1) is 9.97. The largest absolute Gasteiger partial charge is 0.378 e. The lowest BCUT2D eigenvalue weighted by atomic mass is 10.1. The van der Waals surface area contributed by atoms with Crippen molar-refractivity contribution in [3.63, 3.8) is 0 Å². The summed E-state index contributed by atoms with van der Waals surface area (Å²) < 4.78 is 0.980. The smallest absolute Gasteiger partial charge is 0.252 e. The Morgan fingerprint density at radius 3 is 2.38 bits per heavy atom. The molecule has 0 bridgehead atoms. The molecule has 0 saturated heterocycles. The second kappa shape index (κ2) is 6.93. The number of halogens is 1. The summed E-state index contributed by atoms with van der Waals surface area (Å²) in [5, 5.41) is 2.97. The maximum atomic E-state index is 12.2. The van der Waals surface area contributed by atoms with Gasteiger partial charge in [0, 0.05) is 29.9 Å². The van der Waals surface area contributed by atoms with E-state index in [1.165, 1.54) is 0 Å². The fraction of sp³-hybridized carbons (Fsp3) is 0.235. The van der Waals surface area contributed by atoms with E-state index in [-0.39, 0.29) is 5.91 Å². The van der Waals surface area contributed by atoms with Gasteiger partial charge < -0.3 is 10.2 Å². The number of nitrogens with zero attached hydrogens (tertiary/aromatic N) is 1. The quantitative estimate of drug-likeness (QED) is 0.804. The van der Waals surface area contributed by atoms with Gasteiger partial charge in [0.2, 0.25) is 0 Å². The molecule has 0 atom stereocenters. The van der Waals surface area contributed by atoms with E-state index in [1.807, 2.05) is 51.4 Å². The maximum Gasteiger partial charge on any atom is 0.252 e. The molecule has 4 heteroatoms. The molecule has 1 amide bonds. The topological polar surface area (TPSA) is 32.3 Å². The highest BCUT2D eigenvalue weighted by molar-refractivity contribution is 14.1. The molecule has 0 aliphatic carbocycles. The summed E-state index contributed by atoms with van der Waals surface area (Å²) >= 11 is 2.20. The van der Waals surface area contributed by atoms with Gasteiger partial charge in [-0.3, -0.25) is 4.79 Å². The highest BCUT2D eigenvalue weighted by Gasteiger charge is 2.09. The normalized spacial score (nSPS) is 10.3.